The van der Waals surface area contributed by atoms with Gasteiger partial charge in [0.15, 0.2) is 0 Å². The molecule has 1 heteroatoms. The highest BCUT2D eigenvalue weighted by atomic mass is 14.5. The molecule has 0 aromatic heterocycles. The molecular formula is C13H25N. The lowest BCUT2D eigenvalue weighted by Crippen LogP contribution is -2.11. The van der Waals surface area contributed by atoms with Gasteiger partial charge in [-0.15, -0.1) is 0 Å². The van der Waals surface area contributed by atoms with Crippen molar-refractivity contribution in [2.45, 2.75) is 52.4 Å². The van der Waals surface area contributed by atoms with E-state index in [1.54, 1.807) is 5.57 Å². The Bertz CT molecular complexity index is 182. The van der Waals surface area contributed by atoms with Crippen molar-refractivity contribution < 1.29 is 0 Å². The van der Waals surface area contributed by atoms with Gasteiger partial charge in [-0.05, 0) is 56.9 Å². The summed E-state index contributed by atoms with van der Waals surface area (Å²) in [6, 6.07) is 0. The molecule has 1 saturated carbocycles. The topological polar surface area (TPSA) is 26.0 Å². The molecule has 1 nitrogen and oxygen atoms in total. The maximum absolute atomic E-state index is 5.52. The summed E-state index contributed by atoms with van der Waals surface area (Å²) in [5.41, 5.74) is 7.19. The van der Waals surface area contributed by atoms with Crippen molar-refractivity contribution in [1.82, 2.24) is 0 Å². The third-order valence-electron chi connectivity index (χ3n) is 3.07. The largest absolute Gasteiger partial charge is 0.330 e. The molecule has 0 heterocycles. The van der Waals surface area contributed by atoms with E-state index in [1.165, 1.54) is 32.1 Å². The monoisotopic (exact) mass is 195 g/mol. The van der Waals surface area contributed by atoms with E-state index >= 15 is 0 Å². The lowest BCUT2D eigenvalue weighted by atomic mass is 9.81. The molecule has 1 unspecified atom stereocenters. The van der Waals surface area contributed by atoms with Crippen LogP contribution in [0, 0.1) is 11.8 Å². The van der Waals surface area contributed by atoms with Gasteiger partial charge in [-0.3, -0.25) is 0 Å². The Labute approximate surface area is 88.8 Å². The fourth-order valence-corrected chi connectivity index (χ4v) is 2.53. The van der Waals surface area contributed by atoms with Gasteiger partial charge < -0.3 is 5.73 Å². The fourth-order valence-electron chi connectivity index (χ4n) is 2.53. The van der Waals surface area contributed by atoms with Crippen LogP contribution in [0.5, 0.6) is 0 Å². The molecule has 0 amide bonds. The van der Waals surface area contributed by atoms with E-state index in [0.717, 1.165) is 24.8 Å². The highest BCUT2D eigenvalue weighted by Crippen LogP contribution is 2.32. The summed E-state index contributed by atoms with van der Waals surface area (Å²) in [5.74, 6) is 1.81. The molecule has 14 heavy (non-hydrogen) atoms. The standard InChI is InChI=1S/C13H25N/c1-11(2)9-13-6-3-5-12(10-13)7-4-8-14/h7,11,13H,3-6,8-10,14H2,1-2H3. The van der Waals surface area contributed by atoms with Crippen LogP contribution < -0.4 is 5.73 Å². The predicted octanol–water partition coefficient (Wildman–Crippen LogP) is 3.50. The summed E-state index contributed by atoms with van der Waals surface area (Å²) in [6.07, 6.45) is 10.4. The highest BCUT2D eigenvalue weighted by molar-refractivity contribution is 5.06. The van der Waals surface area contributed by atoms with Crippen LogP contribution in [0.25, 0.3) is 0 Å². The van der Waals surface area contributed by atoms with Crippen molar-refractivity contribution >= 4 is 0 Å². The Hall–Kier alpha value is -0.300. The molecule has 1 aliphatic rings. The Balaban J connectivity index is 2.35. The maximum atomic E-state index is 5.52. The summed E-state index contributed by atoms with van der Waals surface area (Å²) >= 11 is 0. The lowest BCUT2D eigenvalue weighted by molar-refractivity contribution is 0.346. The van der Waals surface area contributed by atoms with Gasteiger partial charge in [-0.2, -0.15) is 0 Å². The van der Waals surface area contributed by atoms with Crippen molar-refractivity contribution in [3.63, 3.8) is 0 Å². The number of hydrogen-bond donors (Lipinski definition) is 1. The Morgan fingerprint density at radius 1 is 1.50 bits per heavy atom. The smallest absolute Gasteiger partial charge is 0.00425 e. The van der Waals surface area contributed by atoms with Crippen LogP contribution >= 0.6 is 0 Å². The summed E-state index contributed by atoms with van der Waals surface area (Å²) in [4.78, 5) is 0. The van der Waals surface area contributed by atoms with Crippen LogP contribution in [0.1, 0.15) is 52.4 Å². The van der Waals surface area contributed by atoms with Crippen molar-refractivity contribution in [3.8, 4) is 0 Å². The van der Waals surface area contributed by atoms with Crippen molar-refractivity contribution in [2.75, 3.05) is 6.54 Å². The van der Waals surface area contributed by atoms with E-state index in [1.807, 2.05) is 0 Å². The van der Waals surface area contributed by atoms with Gasteiger partial charge >= 0.3 is 0 Å². The van der Waals surface area contributed by atoms with Crippen LogP contribution in [0.15, 0.2) is 11.6 Å². The van der Waals surface area contributed by atoms with Crippen LogP contribution in [0.4, 0.5) is 0 Å². The highest BCUT2D eigenvalue weighted by Gasteiger charge is 2.17. The first-order valence-electron chi connectivity index (χ1n) is 6.10. The average Bonchev–Trinajstić information content (AvgIpc) is 2.14. The van der Waals surface area contributed by atoms with Gasteiger partial charge in [-0.25, -0.2) is 0 Å². The average molecular weight is 195 g/mol. The first-order chi connectivity index (χ1) is 6.72. The van der Waals surface area contributed by atoms with Gasteiger partial charge in [0.1, 0.15) is 0 Å². The van der Waals surface area contributed by atoms with E-state index in [4.69, 9.17) is 5.73 Å². The zero-order chi connectivity index (χ0) is 10.4. The molecule has 82 valence electrons. The zero-order valence-electron chi connectivity index (χ0n) is 9.76. The normalized spacial score (nSPS) is 26.0. The Kier molecular flexibility index (Phi) is 5.24. The second-order valence-electron chi connectivity index (χ2n) is 5.03. The number of allylic oxidation sites excluding steroid dienone is 1. The maximum Gasteiger partial charge on any atom is -0.00425 e. The minimum absolute atomic E-state index is 0.804. The lowest BCUT2D eigenvalue weighted by Gasteiger charge is -2.25. The summed E-state index contributed by atoms with van der Waals surface area (Å²) in [6.45, 7) is 5.47. The second kappa shape index (κ2) is 6.23. The first-order valence-corrected chi connectivity index (χ1v) is 6.10. The molecule has 2 N–H and O–H groups in total. The number of hydrogen-bond acceptors (Lipinski definition) is 1. The third kappa shape index (κ3) is 4.28. The molecule has 0 bridgehead atoms. The van der Waals surface area contributed by atoms with Crippen LogP contribution in [-0.2, 0) is 0 Å². The molecular weight excluding hydrogens is 170 g/mol. The minimum atomic E-state index is 0.804. The molecule has 0 aliphatic heterocycles. The zero-order valence-corrected chi connectivity index (χ0v) is 9.76. The van der Waals surface area contributed by atoms with Gasteiger partial charge in [0.05, 0.1) is 0 Å². The van der Waals surface area contributed by atoms with Crippen LogP contribution in [0.2, 0.25) is 0 Å². The minimum Gasteiger partial charge on any atom is -0.330 e. The molecule has 1 aliphatic carbocycles. The predicted molar refractivity (Wildman–Crippen MR) is 63.2 cm³/mol. The molecule has 1 fully saturated rings. The van der Waals surface area contributed by atoms with Crippen molar-refractivity contribution in [1.29, 1.82) is 0 Å². The molecule has 1 rings (SSSR count). The molecule has 0 spiro atoms. The first kappa shape index (κ1) is 11.8. The summed E-state index contributed by atoms with van der Waals surface area (Å²) < 4.78 is 0. The molecule has 0 aromatic rings. The summed E-state index contributed by atoms with van der Waals surface area (Å²) in [5, 5.41) is 0. The van der Waals surface area contributed by atoms with Gasteiger partial charge in [-0.1, -0.05) is 25.5 Å². The third-order valence-corrected chi connectivity index (χ3v) is 3.07. The van der Waals surface area contributed by atoms with Gasteiger partial charge in [0, 0.05) is 0 Å². The second-order valence-corrected chi connectivity index (χ2v) is 5.03. The molecule has 1 atom stereocenters. The van der Waals surface area contributed by atoms with E-state index in [-0.39, 0.29) is 0 Å². The molecule has 0 aromatic carbocycles. The van der Waals surface area contributed by atoms with Crippen LogP contribution in [-0.4, -0.2) is 6.54 Å². The molecule has 0 saturated heterocycles. The van der Waals surface area contributed by atoms with E-state index in [9.17, 15) is 0 Å². The molecule has 0 radical (unpaired) electrons. The summed E-state index contributed by atoms with van der Waals surface area (Å²) in [7, 11) is 0. The quantitative estimate of drug-likeness (QED) is 0.683. The SMILES string of the molecule is CC(C)CC1CCCC(=CCCN)C1. The van der Waals surface area contributed by atoms with E-state index in [2.05, 4.69) is 19.9 Å². The Morgan fingerprint density at radius 3 is 2.93 bits per heavy atom. The fraction of sp³-hybridized carbons (Fsp3) is 0.846. The van der Waals surface area contributed by atoms with Gasteiger partial charge in [0.25, 0.3) is 0 Å². The van der Waals surface area contributed by atoms with E-state index in [0.29, 0.717) is 0 Å². The van der Waals surface area contributed by atoms with Gasteiger partial charge in [0.2, 0.25) is 0 Å². The Morgan fingerprint density at radius 2 is 2.29 bits per heavy atom. The number of rotatable bonds is 4. The number of nitrogens with two attached hydrogens (primary N) is 1. The van der Waals surface area contributed by atoms with Crippen LogP contribution in [0.3, 0.4) is 0 Å². The van der Waals surface area contributed by atoms with E-state index < -0.39 is 0 Å². The van der Waals surface area contributed by atoms with Crippen molar-refractivity contribution in [2.24, 2.45) is 17.6 Å². The van der Waals surface area contributed by atoms with Crippen molar-refractivity contribution in [3.05, 3.63) is 11.6 Å².